The fourth-order valence-electron chi connectivity index (χ4n) is 4.01. The van der Waals surface area contributed by atoms with Gasteiger partial charge in [0, 0.05) is 0 Å². The highest BCUT2D eigenvalue weighted by atomic mass is 19.1. The van der Waals surface area contributed by atoms with Gasteiger partial charge in [0.25, 0.3) is 0 Å². The van der Waals surface area contributed by atoms with Gasteiger partial charge in [-0.1, -0.05) is 44.2 Å². The zero-order chi connectivity index (χ0) is 18.0. The zero-order valence-electron chi connectivity index (χ0n) is 14.2. The number of aliphatic hydroxyl groups excluding tert-OH is 4. The van der Waals surface area contributed by atoms with E-state index in [9.17, 15) is 24.8 Å². The average Bonchev–Trinajstić information content (AvgIpc) is 2.63. The van der Waals surface area contributed by atoms with Gasteiger partial charge in [-0.3, -0.25) is 0 Å². The van der Waals surface area contributed by atoms with Crippen LogP contribution in [0.2, 0.25) is 0 Å². The van der Waals surface area contributed by atoms with Gasteiger partial charge in [0.2, 0.25) is 0 Å². The summed E-state index contributed by atoms with van der Waals surface area (Å²) in [6.07, 6.45) is 0.412. The predicted molar refractivity (Wildman–Crippen MR) is 89.4 cm³/mol. The number of hydrogen-bond donors (Lipinski definition) is 4. The number of aliphatic hydroxyl groups is 4. The first kappa shape index (κ1) is 18.7. The zero-order valence-corrected chi connectivity index (χ0v) is 14.2. The van der Waals surface area contributed by atoms with Crippen molar-refractivity contribution in [3.63, 3.8) is 0 Å². The van der Waals surface area contributed by atoms with Gasteiger partial charge in [0.05, 0.1) is 6.61 Å². The molecule has 140 valence electrons. The van der Waals surface area contributed by atoms with Gasteiger partial charge in [-0.05, 0) is 29.5 Å². The quantitative estimate of drug-likeness (QED) is 0.657. The topological polar surface area (TPSA) is 90.2 Å². The largest absolute Gasteiger partial charge is 0.394 e. The maximum atomic E-state index is 14.2. The van der Waals surface area contributed by atoms with Crippen LogP contribution < -0.4 is 0 Å². The van der Waals surface area contributed by atoms with Gasteiger partial charge >= 0.3 is 0 Å². The van der Waals surface area contributed by atoms with Crippen molar-refractivity contribution in [2.75, 3.05) is 6.61 Å². The minimum atomic E-state index is -1.43. The molecule has 1 aliphatic carbocycles. The summed E-state index contributed by atoms with van der Waals surface area (Å²) in [6.45, 7) is -0.475. The number of hydrogen-bond acceptors (Lipinski definition) is 5. The van der Waals surface area contributed by atoms with E-state index in [1.165, 1.54) is 31.4 Å². The predicted octanol–water partition coefficient (Wildman–Crippen LogP) is 1.46. The summed E-state index contributed by atoms with van der Waals surface area (Å²) >= 11 is 0. The third kappa shape index (κ3) is 4.04. The summed E-state index contributed by atoms with van der Waals surface area (Å²) in [5, 5.41) is 39.4. The Morgan fingerprint density at radius 1 is 1.00 bits per heavy atom. The van der Waals surface area contributed by atoms with Crippen LogP contribution >= 0.6 is 0 Å². The molecule has 0 bridgehead atoms. The van der Waals surface area contributed by atoms with Gasteiger partial charge in [-0.2, -0.15) is 0 Å². The molecule has 25 heavy (non-hydrogen) atoms. The van der Waals surface area contributed by atoms with Gasteiger partial charge in [-0.25, -0.2) is 4.39 Å². The smallest absolute Gasteiger partial charge is 0.126 e. The first-order valence-corrected chi connectivity index (χ1v) is 9.10. The molecular formula is C19H27FO5. The van der Waals surface area contributed by atoms with Crippen LogP contribution in [0.15, 0.2) is 18.2 Å². The first-order valence-electron chi connectivity index (χ1n) is 9.10. The number of rotatable bonds is 4. The molecule has 3 rings (SSSR count). The highest BCUT2D eigenvalue weighted by molar-refractivity contribution is 5.29. The van der Waals surface area contributed by atoms with E-state index >= 15 is 0 Å². The molecule has 1 heterocycles. The van der Waals surface area contributed by atoms with E-state index < -0.39 is 37.1 Å². The molecule has 2 fully saturated rings. The Kier molecular flexibility index (Phi) is 6.07. The molecule has 0 amide bonds. The minimum Gasteiger partial charge on any atom is -0.394 e. The second-order valence-electron chi connectivity index (χ2n) is 7.31. The summed E-state index contributed by atoms with van der Waals surface area (Å²) in [6, 6.07) is 4.55. The van der Waals surface area contributed by atoms with Crippen LogP contribution in [-0.4, -0.2) is 51.4 Å². The van der Waals surface area contributed by atoms with E-state index in [-0.39, 0.29) is 5.82 Å². The normalized spacial score (nSPS) is 34.2. The van der Waals surface area contributed by atoms with E-state index in [0.717, 1.165) is 12.8 Å². The maximum Gasteiger partial charge on any atom is 0.126 e. The fraction of sp³-hybridized carbons (Fsp3) is 0.684. The summed E-state index contributed by atoms with van der Waals surface area (Å²) < 4.78 is 19.8. The molecular weight excluding hydrogens is 327 g/mol. The molecule has 4 N–H and O–H groups in total. The van der Waals surface area contributed by atoms with E-state index in [1.807, 2.05) is 0 Å². The van der Waals surface area contributed by atoms with Crippen LogP contribution in [0.25, 0.3) is 0 Å². The van der Waals surface area contributed by atoms with Crippen LogP contribution in [0.1, 0.15) is 49.3 Å². The molecule has 1 saturated heterocycles. The van der Waals surface area contributed by atoms with Crippen molar-refractivity contribution >= 4 is 0 Å². The van der Waals surface area contributed by atoms with Crippen molar-refractivity contribution in [3.8, 4) is 0 Å². The summed E-state index contributed by atoms with van der Waals surface area (Å²) in [4.78, 5) is 0. The summed E-state index contributed by atoms with van der Waals surface area (Å²) in [5.74, 6) is 0.187. The Labute approximate surface area is 147 Å². The molecule has 1 aromatic carbocycles. The van der Waals surface area contributed by atoms with Gasteiger partial charge in [-0.15, -0.1) is 0 Å². The fourth-order valence-corrected chi connectivity index (χ4v) is 4.01. The second-order valence-corrected chi connectivity index (χ2v) is 7.31. The Balaban J connectivity index is 1.80. The van der Waals surface area contributed by atoms with Crippen molar-refractivity contribution in [2.45, 2.75) is 69.0 Å². The molecule has 0 aromatic heterocycles. The highest BCUT2D eigenvalue weighted by Crippen LogP contribution is 2.34. The Morgan fingerprint density at radius 3 is 2.40 bits per heavy atom. The van der Waals surface area contributed by atoms with Crippen molar-refractivity contribution in [1.82, 2.24) is 0 Å². The van der Waals surface area contributed by atoms with Crippen molar-refractivity contribution in [3.05, 3.63) is 35.1 Å². The van der Waals surface area contributed by atoms with Crippen LogP contribution in [-0.2, 0) is 11.2 Å². The van der Waals surface area contributed by atoms with Crippen molar-refractivity contribution < 1.29 is 29.6 Å². The summed E-state index contributed by atoms with van der Waals surface area (Å²) in [7, 11) is 0. The van der Waals surface area contributed by atoms with E-state index in [4.69, 9.17) is 4.74 Å². The molecule has 1 saturated carbocycles. The summed E-state index contributed by atoms with van der Waals surface area (Å²) in [5.41, 5.74) is 1.13. The Hall–Kier alpha value is -1.05. The number of halogens is 1. The Bertz CT molecular complexity index is 573. The minimum absolute atomic E-state index is 0.279. The lowest BCUT2D eigenvalue weighted by atomic mass is 9.84. The molecule has 2 aliphatic rings. The van der Waals surface area contributed by atoms with Crippen molar-refractivity contribution in [1.29, 1.82) is 0 Å². The monoisotopic (exact) mass is 354 g/mol. The van der Waals surface area contributed by atoms with Crippen molar-refractivity contribution in [2.24, 2.45) is 5.92 Å². The molecule has 1 aromatic rings. The molecule has 6 heteroatoms. The average molecular weight is 354 g/mol. The number of ether oxygens (including phenoxy) is 1. The third-order valence-corrected chi connectivity index (χ3v) is 5.52. The van der Waals surface area contributed by atoms with Crippen LogP contribution in [0, 0.1) is 11.7 Å². The third-order valence-electron chi connectivity index (χ3n) is 5.52. The standard InChI is InChI=1S/C19H27FO5/c20-14-7-6-12(9-13(14)8-11-4-2-1-3-5-11)19-18(24)17(23)16(22)15(10-21)25-19/h6-7,9,11,15-19,21-24H,1-5,8,10H2/t15-,16-,17+,18-,19+/m1/s1. The SMILES string of the molecule is OC[C@H]1O[C@@H](c2ccc(F)c(CC3CCCCC3)c2)[C@H](O)[C@@H](O)[C@@H]1O. The molecule has 0 radical (unpaired) electrons. The van der Waals surface area contributed by atoms with E-state index in [2.05, 4.69) is 0 Å². The molecule has 5 atom stereocenters. The molecule has 1 aliphatic heterocycles. The second kappa shape index (κ2) is 8.10. The van der Waals surface area contributed by atoms with E-state index in [1.54, 1.807) is 6.07 Å². The molecule has 5 nitrogen and oxygen atoms in total. The van der Waals surface area contributed by atoms with Gasteiger partial charge < -0.3 is 25.2 Å². The molecule has 0 unspecified atom stereocenters. The Morgan fingerprint density at radius 2 is 1.72 bits per heavy atom. The van der Waals surface area contributed by atoms with Gasteiger partial charge in [0.1, 0.15) is 36.3 Å². The highest BCUT2D eigenvalue weighted by Gasteiger charge is 2.44. The lowest BCUT2D eigenvalue weighted by Gasteiger charge is -2.40. The molecule has 0 spiro atoms. The van der Waals surface area contributed by atoms with Gasteiger partial charge in [0.15, 0.2) is 0 Å². The van der Waals surface area contributed by atoms with Crippen LogP contribution in [0.4, 0.5) is 4.39 Å². The van der Waals surface area contributed by atoms with E-state index in [0.29, 0.717) is 23.5 Å². The maximum absolute atomic E-state index is 14.2. The first-order chi connectivity index (χ1) is 12.0. The number of benzene rings is 1. The van der Waals surface area contributed by atoms with Crippen LogP contribution in [0.5, 0.6) is 0 Å². The lowest BCUT2D eigenvalue weighted by molar-refractivity contribution is -0.231. The van der Waals surface area contributed by atoms with Crippen LogP contribution in [0.3, 0.4) is 0 Å². The lowest BCUT2D eigenvalue weighted by Crippen LogP contribution is -2.55.